The molecule has 0 radical (unpaired) electrons. The zero-order chi connectivity index (χ0) is 10.7. The summed E-state index contributed by atoms with van der Waals surface area (Å²) < 4.78 is 0. The number of aryl methyl sites for hydroxylation is 2. The van der Waals surface area contributed by atoms with Gasteiger partial charge in [-0.15, -0.1) is 11.3 Å². The first kappa shape index (κ1) is 10.4. The summed E-state index contributed by atoms with van der Waals surface area (Å²) in [5, 5.41) is 5.53. The van der Waals surface area contributed by atoms with Gasteiger partial charge in [-0.25, -0.2) is 4.98 Å². The molecule has 0 saturated heterocycles. The lowest BCUT2D eigenvalue weighted by molar-refractivity contribution is 0.684. The number of aromatic amines is 1. The maximum Gasteiger partial charge on any atom is 0.0925 e. The highest BCUT2D eigenvalue weighted by molar-refractivity contribution is 7.10. The van der Waals surface area contributed by atoms with Crippen molar-refractivity contribution < 1.29 is 0 Å². The van der Waals surface area contributed by atoms with Gasteiger partial charge in [-0.3, -0.25) is 0 Å². The van der Waals surface area contributed by atoms with E-state index in [0.29, 0.717) is 0 Å². The molecule has 0 spiro atoms. The van der Waals surface area contributed by atoms with E-state index in [-0.39, 0.29) is 0 Å². The molecule has 15 heavy (non-hydrogen) atoms. The molecule has 0 saturated carbocycles. The Balaban J connectivity index is 1.86. The van der Waals surface area contributed by atoms with Gasteiger partial charge in [0.15, 0.2) is 0 Å². The Morgan fingerprint density at radius 2 is 2.27 bits per heavy atom. The van der Waals surface area contributed by atoms with Gasteiger partial charge < -0.3 is 10.3 Å². The Hall–Kier alpha value is -1.13. The van der Waals surface area contributed by atoms with Crippen LogP contribution in [0, 0.1) is 13.8 Å². The first-order valence-electron chi connectivity index (χ1n) is 5.00. The van der Waals surface area contributed by atoms with Crippen LogP contribution in [0.1, 0.15) is 21.8 Å². The van der Waals surface area contributed by atoms with Gasteiger partial charge in [0.1, 0.15) is 0 Å². The number of hydrogen-bond donors (Lipinski definition) is 2. The molecule has 2 rings (SSSR count). The highest BCUT2D eigenvalue weighted by atomic mass is 32.1. The molecule has 0 bridgehead atoms. The number of nitrogens with zero attached hydrogens (tertiary/aromatic N) is 1. The quantitative estimate of drug-likeness (QED) is 0.832. The van der Waals surface area contributed by atoms with Crippen molar-refractivity contribution in [2.45, 2.75) is 26.9 Å². The molecule has 0 amide bonds. The van der Waals surface area contributed by atoms with Crippen LogP contribution >= 0.6 is 11.3 Å². The molecule has 2 aromatic heterocycles. The summed E-state index contributed by atoms with van der Waals surface area (Å²) >= 11 is 1.80. The van der Waals surface area contributed by atoms with Crippen LogP contribution < -0.4 is 5.32 Å². The summed E-state index contributed by atoms with van der Waals surface area (Å²) in [6, 6.07) is 2.15. The first-order valence-corrected chi connectivity index (χ1v) is 5.88. The van der Waals surface area contributed by atoms with Gasteiger partial charge in [-0.1, -0.05) is 0 Å². The third-order valence-electron chi connectivity index (χ3n) is 2.48. The Morgan fingerprint density at radius 3 is 2.87 bits per heavy atom. The Morgan fingerprint density at radius 1 is 1.40 bits per heavy atom. The van der Waals surface area contributed by atoms with E-state index in [2.05, 4.69) is 33.7 Å². The third-order valence-corrected chi connectivity index (χ3v) is 3.50. The van der Waals surface area contributed by atoms with E-state index >= 15 is 0 Å². The minimum atomic E-state index is 0.826. The van der Waals surface area contributed by atoms with E-state index in [0.717, 1.165) is 24.5 Å². The minimum Gasteiger partial charge on any atom is -0.348 e. The molecule has 2 aromatic rings. The second-order valence-corrected chi connectivity index (χ2v) is 4.61. The maximum absolute atomic E-state index is 4.24. The van der Waals surface area contributed by atoms with Crippen molar-refractivity contribution >= 4 is 11.3 Å². The third kappa shape index (κ3) is 2.46. The van der Waals surface area contributed by atoms with Crippen LogP contribution in [0.4, 0.5) is 0 Å². The van der Waals surface area contributed by atoms with E-state index in [9.17, 15) is 0 Å². The molecule has 0 aliphatic heterocycles. The molecule has 0 aliphatic rings. The van der Waals surface area contributed by atoms with Crippen LogP contribution in [0.2, 0.25) is 0 Å². The van der Waals surface area contributed by atoms with Gasteiger partial charge in [-0.05, 0) is 30.9 Å². The summed E-state index contributed by atoms with van der Waals surface area (Å²) in [5.74, 6) is 0. The van der Waals surface area contributed by atoms with Gasteiger partial charge in [0.05, 0.1) is 12.0 Å². The van der Waals surface area contributed by atoms with Crippen LogP contribution in [-0.4, -0.2) is 9.97 Å². The molecule has 0 fully saturated rings. The number of rotatable bonds is 4. The number of aromatic nitrogens is 2. The number of thiophene rings is 1. The van der Waals surface area contributed by atoms with Crippen LogP contribution in [-0.2, 0) is 13.1 Å². The molecule has 0 unspecified atom stereocenters. The van der Waals surface area contributed by atoms with Crippen molar-refractivity contribution in [3.8, 4) is 0 Å². The van der Waals surface area contributed by atoms with Crippen molar-refractivity contribution in [3.63, 3.8) is 0 Å². The molecule has 0 atom stereocenters. The van der Waals surface area contributed by atoms with E-state index in [1.54, 1.807) is 17.7 Å². The smallest absolute Gasteiger partial charge is 0.0925 e. The summed E-state index contributed by atoms with van der Waals surface area (Å²) in [7, 11) is 0. The summed E-state index contributed by atoms with van der Waals surface area (Å²) in [5.41, 5.74) is 3.61. The normalized spacial score (nSPS) is 10.8. The number of hydrogen-bond acceptors (Lipinski definition) is 3. The van der Waals surface area contributed by atoms with E-state index in [1.165, 1.54) is 10.4 Å². The Kier molecular flexibility index (Phi) is 3.18. The van der Waals surface area contributed by atoms with E-state index < -0.39 is 0 Å². The monoisotopic (exact) mass is 221 g/mol. The summed E-state index contributed by atoms with van der Waals surface area (Å²) in [6.07, 6.45) is 1.74. The highest BCUT2D eigenvalue weighted by Gasteiger charge is 2.02. The molecule has 80 valence electrons. The fourth-order valence-corrected chi connectivity index (χ4v) is 2.32. The van der Waals surface area contributed by atoms with Crippen molar-refractivity contribution in [1.82, 2.24) is 15.3 Å². The van der Waals surface area contributed by atoms with Gasteiger partial charge in [0.25, 0.3) is 0 Å². The largest absolute Gasteiger partial charge is 0.348 e. The maximum atomic E-state index is 4.24. The number of nitrogens with one attached hydrogen (secondary N) is 2. The topological polar surface area (TPSA) is 40.7 Å². The molecule has 3 nitrogen and oxygen atoms in total. The van der Waals surface area contributed by atoms with Crippen molar-refractivity contribution in [1.29, 1.82) is 0 Å². The molecule has 4 heteroatoms. The van der Waals surface area contributed by atoms with Crippen molar-refractivity contribution in [2.75, 3.05) is 0 Å². The van der Waals surface area contributed by atoms with Crippen LogP contribution in [0.25, 0.3) is 0 Å². The predicted octanol–water partition coefficient (Wildman–Crippen LogP) is 2.38. The summed E-state index contributed by atoms with van der Waals surface area (Å²) in [6.45, 7) is 5.94. The zero-order valence-electron chi connectivity index (χ0n) is 9.00. The van der Waals surface area contributed by atoms with Crippen LogP contribution in [0.15, 0.2) is 17.8 Å². The molecule has 2 N–H and O–H groups in total. The lowest BCUT2D eigenvalue weighted by atomic mass is 10.3. The second kappa shape index (κ2) is 4.59. The van der Waals surface area contributed by atoms with E-state index in [4.69, 9.17) is 0 Å². The van der Waals surface area contributed by atoms with Gasteiger partial charge in [0.2, 0.25) is 0 Å². The zero-order valence-corrected chi connectivity index (χ0v) is 9.82. The van der Waals surface area contributed by atoms with Crippen molar-refractivity contribution in [3.05, 3.63) is 39.6 Å². The fraction of sp³-hybridized carbons (Fsp3) is 0.364. The van der Waals surface area contributed by atoms with E-state index in [1.807, 2.05) is 6.92 Å². The lowest BCUT2D eigenvalue weighted by Gasteiger charge is -2.02. The molecular weight excluding hydrogens is 206 g/mol. The first-order chi connectivity index (χ1) is 7.27. The average molecular weight is 221 g/mol. The van der Waals surface area contributed by atoms with Crippen LogP contribution in [0.3, 0.4) is 0 Å². The Labute approximate surface area is 93.6 Å². The number of imidazole rings is 1. The molecular formula is C11H15N3S. The SMILES string of the molecule is Cc1ccsc1CNCc1nc[nH]c1C. The molecule has 0 aromatic carbocycles. The van der Waals surface area contributed by atoms with Crippen LogP contribution in [0.5, 0.6) is 0 Å². The predicted molar refractivity (Wildman–Crippen MR) is 62.9 cm³/mol. The molecule has 2 heterocycles. The summed E-state index contributed by atoms with van der Waals surface area (Å²) in [4.78, 5) is 8.72. The van der Waals surface area contributed by atoms with Crippen molar-refractivity contribution in [2.24, 2.45) is 0 Å². The number of H-pyrrole nitrogens is 1. The molecule has 0 aliphatic carbocycles. The average Bonchev–Trinajstić information content (AvgIpc) is 2.78. The van der Waals surface area contributed by atoms with Gasteiger partial charge in [0, 0.05) is 23.7 Å². The van der Waals surface area contributed by atoms with Gasteiger partial charge in [-0.2, -0.15) is 0 Å². The second-order valence-electron chi connectivity index (χ2n) is 3.60. The van der Waals surface area contributed by atoms with Gasteiger partial charge >= 0.3 is 0 Å². The lowest BCUT2D eigenvalue weighted by Crippen LogP contribution is -2.13. The fourth-order valence-electron chi connectivity index (χ4n) is 1.45. The Bertz CT molecular complexity index is 390. The minimum absolute atomic E-state index is 0.826. The highest BCUT2D eigenvalue weighted by Crippen LogP contribution is 2.15. The standard InChI is InChI=1S/C11H15N3S/c1-8-3-4-15-11(8)6-12-5-10-9(2)13-7-14-10/h3-4,7,12H,5-6H2,1-2H3,(H,13,14).